The summed E-state index contributed by atoms with van der Waals surface area (Å²) < 4.78 is 42.2. The van der Waals surface area contributed by atoms with Crippen molar-refractivity contribution < 1.29 is 17.6 Å². The zero-order valence-electron chi connectivity index (χ0n) is 9.84. The topological polar surface area (TPSA) is 41.3 Å². The second-order valence-corrected chi connectivity index (χ2v) is 3.77. The van der Waals surface area contributed by atoms with Gasteiger partial charge in [-0.15, -0.1) is 0 Å². The maximum atomic E-state index is 12.3. The Hall–Kier alpha value is -1.08. The van der Waals surface area contributed by atoms with Crippen LogP contribution in [0.1, 0.15) is 11.7 Å². The molecule has 0 radical (unpaired) electrons. The second-order valence-electron chi connectivity index (χ2n) is 3.77. The summed E-state index contributed by atoms with van der Waals surface area (Å²) in [5.74, 6) is 0.906. The molecule has 7 heteroatoms. The van der Waals surface area contributed by atoms with Crippen LogP contribution in [-0.2, 0) is 6.54 Å². The van der Waals surface area contributed by atoms with E-state index in [0.717, 1.165) is 0 Å². The van der Waals surface area contributed by atoms with E-state index in [-0.39, 0.29) is 6.54 Å². The molecule has 1 N–H and O–H groups in total. The minimum Gasteiger partial charge on any atom is -0.445 e. The van der Waals surface area contributed by atoms with E-state index in [1.165, 1.54) is 11.1 Å². The highest BCUT2D eigenvalue weighted by atomic mass is 19.4. The number of halogens is 3. The molecule has 0 aromatic carbocycles. The van der Waals surface area contributed by atoms with E-state index >= 15 is 0 Å². The van der Waals surface area contributed by atoms with Gasteiger partial charge >= 0.3 is 6.18 Å². The molecule has 0 unspecified atom stereocenters. The Morgan fingerprint density at radius 2 is 2.18 bits per heavy atom. The maximum Gasteiger partial charge on any atom is 0.401 e. The molecule has 0 aliphatic heterocycles. The first-order chi connectivity index (χ1) is 7.90. The Morgan fingerprint density at radius 1 is 1.47 bits per heavy atom. The van der Waals surface area contributed by atoms with Gasteiger partial charge in [0.15, 0.2) is 5.89 Å². The summed E-state index contributed by atoms with van der Waals surface area (Å²) in [5.41, 5.74) is 0. The minimum absolute atomic E-state index is 0.113. The van der Waals surface area contributed by atoms with Gasteiger partial charge in [0.2, 0.25) is 0 Å². The smallest absolute Gasteiger partial charge is 0.401 e. The number of aromatic nitrogens is 1. The highest BCUT2D eigenvalue weighted by Gasteiger charge is 2.30. The van der Waals surface area contributed by atoms with Crippen LogP contribution in [0.3, 0.4) is 0 Å². The van der Waals surface area contributed by atoms with Gasteiger partial charge in [-0.05, 0) is 7.05 Å². The number of hydrogen-bond donors (Lipinski definition) is 1. The molecule has 0 atom stereocenters. The van der Waals surface area contributed by atoms with Crippen molar-refractivity contribution in [3.63, 3.8) is 0 Å². The molecule has 0 aliphatic carbocycles. The molecule has 17 heavy (non-hydrogen) atoms. The molecule has 0 aliphatic rings. The third kappa shape index (κ3) is 5.69. The first-order valence-electron chi connectivity index (χ1n) is 5.26. The van der Waals surface area contributed by atoms with Gasteiger partial charge in [0.05, 0.1) is 19.3 Å². The van der Waals surface area contributed by atoms with Crippen LogP contribution in [0, 0.1) is 6.92 Å². The van der Waals surface area contributed by atoms with Crippen molar-refractivity contribution in [3.05, 3.63) is 17.8 Å². The molecule has 1 aromatic rings. The predicted molar refractivity (Wildman–Crippen MR) is 56.5 cm³/mol. The number of nitrogens with one attached hydrogen (secondary N) is 1. The highest BCUT2D eigenvalue weighted by Crippen LogP contribution is 2.18. The summed E-state index contributed by atoms with van der Waals surface area (Å²) in [6.45, 7) is 1.61. The minimum atomic E-state index is -4.21. The van der Waals surface area contributed by atoms with Gasteiger partial charge in [0.25, 0.3) is 0 Å². The van der Waals surface area contributed by atoms with Crippen LogP contribution in [0.2, 0.25) is 0 Å². The summed E-state index contributed by atoms with van der Waals surface area (Å²) in [4.78, 5) is 5.13. The second kappa shape index (κ2) is 6.02. The third-order valence-electron chi connectivity index (χ3n) is 2.13. The predicted octanol–water partition coefficient (Wildman–Crippen LogP) is 1.57. The van der Waals surface area contributed by atoms with Crippen LogP contribution in [0.25, 0.3) is 0 Å². The van der Waals surface area contributed by atoms with Crippen LogP contribution < -0.4 is 5.32 Å². The molecule has 1 aromatic heterocycles. The Morgan fingerprint density at radius 3 is 2.65 bits per heavy atom. The van der Waals surface area contributed by atoms with Crippen molar-refractivity contribution in [1.29, 1.82) is 0 Å². The summed E-state index contributed by atoms with van der Waals surface area (Å²) in [5, 5.41) is 2.82. The van der Waals surface area contributed by atoms with E-state index < -0.39 is 12.7 Å². The molecule has 4 nitrogen and oxygen atoms in total. The number of nitrogens with zero attached hydrogens (tertiary/aromatic N) is 2. The summed E-state index contributed by atoms with van der Waals surface area (Å²) in [7, 11) is 1.70. The van der Waals surface area contributed by atoms with Crippen LogP contribution in [0.15, 0.2) is 10.6 Å². The first-order valence-corrected chi connectivity index (χ1v) is 5.26. The quantitative estimate of drug-likeness (QED) is 0.833. The number of likely N-dealkylation sites (N-methyl/N-ethyl adjacent to an activating group) is 1. The fraction of sp³-hybridized carbons (Fsp3) is 0.700. The zero-order valence-corrected chi connectivity index (χ0v) is 9.84. The van der Waals surface area contributed by atoms with Gasteiger partial charge in [-0.2, -0.15) is 13.2 Å². The standard InChI is InChI=1S/C10H16F3N3O/c1-8-15-5-9(17-8)6-16(4-3-14-2)7-10(11,12)13/h5,14H,3-4,6-7H2,1-2H3. The van der Waals surface area contributed by atoms with Crippen LogP contribution in [-0.4, -0.2) is 42.7 Å². The fourth-order valence-corrected chi connectivity index (χ4v) is 1.44. The maximum absolute atomic E-state index is 12.3. The molecule has 1 rings (SSSR count). The molecule has 98 valence electrons. The van der Waals surface area contributed by atoms with Crippen molar-refractivity contribution in [1.82, 2.24) is 15.2 Å². The number of alkyl halides is 3. The van der Waals surface area contributed by atoms with Crippen molar-refractivity contribution >= 4 is 0 Å². The van der Waals surface area contributed by atoms with Crippen LogP contribution in [0.4, 0.5) is 13.2 Å². The number of rotatable bonds is 6. The SMILES string of the molecule is CNCCN(Cc1cnc(C)o1)CC(F)(F)F. The Labute approximate surface area is 97.8 Å². The fourth-order valence-electron chi connectivity index (χ4n) is 1.44. The normalized spacial score (nSPS) is 12.4. The molecular formula is C10H16F3N3O. The van der Waals surface area contributed by atoms with E-state index in [0.29, 0.717) is 24.7 Å². The molecule has 0 bridgehead atoms. The van der Waals surface area contributed by atoms with Gasteiger partial charge in [-0.25, -0.2) is 4.98 Å². The lowest BCUT2D eigenvalue weighted by molar-refractivity contribution is -0.147. The Balaban J connectivity index is 2.56. The number of aryl methyl sites for hydroxylation is 1. The molecule has 0 saturated heterocycles. The Bertz CT molecular complexity index is 338. The molecule has 0 amide bonds. The van der Waals surface area contributed by atoms with Crippen molar-refractivity contribution in [2.45, 2.75) is 19.6 Å². The molecular weight excluding hydrogens is 235 g/mol. The van der Waals surface area contributed by atoms with E-state index in [1.54, 1.807) is 14.0 Å². The Kier molecular flexibility index (Phi) is 4.95. The third-order valence-corrected chi connectivity index (χ3v) is 2.13. The largest absolute Gasteiger partial charge is 0.445 e. The van der Waals surface area contributed by atoms with E-state index in [2.05, 4.69) is 10.3 Å². The van der Waals surface area contributed by atoms with Gasteiger partial charge in [0, 0.05) is 20.0 Å². The summed E-state index contributed by atoms with van der Waals surface area (Å²) in [6, 6.07) is 0. The lowest BCUT2D eigenvalue weighted by Crippen LogP contribution is -2.37. The van der Waals surface area contributed by atoms with Crippen molar-refractivity contribution in [3.8, 4) is 0 Å². The van der Waals surface area contributed by atoms with Gasteiger partial charge in [-0.3, -0.25) is 4.90 Å². The lowest BCUT2D eigenvalue weighted by atomic mass is 10.4. The van der Waals surface area contributed by atoms with E-state index in [4.69, 9.17) is 4.42 Å². The molecule has 0 saturated carbocycles. The van der Waals surface area contributed by atoms with Crippen LogP contribution >= 0.6 is 0 Å². The van der Waals surface area contributed by atoms with E-state index in [9.17, 15) is 13.2 Å². The average Bonchev–Trinajstić information content (AvgIpc) is 2.58. The summed E-state index contributed by atoms with van der Waals surface area (Å²) in [6.07, 6.45) is -2.75. The monoisotopic (exact) mass is 251 g/mol. The first kappa shape index (κ1) is 14.0. The van der Waals surface area contributed by atoms with Gasteiger partial charge < -0.3 is 9.73 Å². The van der Waals surface area contributed by atoms with Gasteiger partial charge in [0.1, 0.15) is 5.76 Å². The lowest BCUT2D eigenvalue weighted by Gasteiger charge is -2.22. The van der Waals surface area contributed by atoms with Crippen LogP contribution in [0.5, 0.6) is 0 Å². The molecule has 1 heterocycles. The average molecular weight is 251 g/mol. The van der Waals surface area contributed by atoms with Crippen molar-refractivity contribution in [2.75, 3.05) is 26.7 Å². The molecule has 0 fully saturated rings. The zero-order chi connectivity index (χ0) is 12.9. The van der Waals surface area contributed by atoms with E-state index in [1.807, 2.05) is 0 Å². The molecule has 0 spiro atoms. The summed E-state index contributed by atoms with van der Waals surface area (Å²) >= 11 is 0. The number of oxazole rings is 1. The van der Waals surface area contributed by atoms with Gasteiger partial charge in [-0.1, -0.05) is 0 Å². The highest BCUT2D eigenvalue weighted by molar-refractivity contribution is 4.93. The van der Waals surface area contributed by atoms with Crippen molar-refractivity contribution in [2.24, 2.45) is 0 Å². The number of hydrogen-bond acceptors (Lipinski definition) is 4.